The zero-order valence-electron chi connectivity index (χ0n) is 10.4. The molecule has 2 rings (SSSR count). The van der Waals surface area contributed by atoms with E-state index >= 15 is 0 Å². The van der Waals surface area contributed by atoms with E-state index in [0.717, 1.165) is 36.2 Å². The molecular weight excluding hydrogens is 238 g/mol. The lowest BCUT2D eigenvalue weighted by Crippen LogP contribution is -2.32. The topological polar surface area (TPSA) is 66.1 Å². The third kappa shape index (κ3) is 2.37. The lowest BCUT2D eigenvalue weighted by Gasteiger charge is -2.19. The number of hydrogen-bond acceptors (Lipinski definition) is 3. The van der Waals surface area contributed by atoms with E-state index in [-0.39, 0.29) is 5.75 Å². The van der Waals surface area contributed by atoms with Crippen LogP contribution in [-0.2, 0) is 29.4 Å². The second kappa shape index (κ2) is 4.78. The summed E-state index contributed by atoms with van der Waals surface area (Å²) in [4.78, 5) is 0. The molecule has 0 aromatic carbocycles. The van der Waals surface area contributed by atoms with Crippen LogP contribution < -0.4 is 0 Å². The van der Waals surface area contributed by atoms with Gasteiger partial charge in [0.25, 0.3) is 0 Å². The summed E-state index contributed by atoms with van der Waals surface area (Å²) in [5.41, 5.74) is 3.19. The van der Waals surface area contributed by atoms with Gasteiger partial charge in [-0.3, -0.25) is 5.10 Å². The summed E-state index contributed by atoms with van der Waals surface area (Å²) in [7, 11) is -3.10. The van der Waals surface area contributed by atoms with Crippen LogP contribution in [0.3, 0.4) is 0 Å². The van der Waals surface area contributed by atoms with Crippen molar-refractivity contribution in [3.05, 3.63) is 17.0 Å². The van der Waals surface area contributed by atoms with Crippen LogP contribution in [0.15, 0.2) is 0 Å². The van der Waals surface area contributed by atoms with Gasteiger partial charge in [-0.1, -0.05) is 6.92 Å². The van der Waals surface area contributed by atoms with Crippen molar-refractivity contribution in [2.24, 2.45) is 0 Å². The highest BCUT2D eigenvalue weighted by Gasteiger charge is 2.26. The average Bonchev–Trinajstić information content (AvgIpc) is 2.57. The smallest absolute Gasteiger partial charge is 0.214 e. The second-order valence-corrected chi connectivity index (χ2v) is 6.58. The van der Waals surface area contributed by atoms with Crippen LogP contribution in [-0.4, -0.2) is 35.2 Å². The fourth-order valence-corrected chi connectivity index (χ4v) is 3.34. The molecule has 1 aromatic rings. The molecule has 0 fully saturated rings. The monoisotopic (exact) mass is 257 g/mol. The maximum atomic E-state index is 11.9. The first-order valence-electron chi connectivity index (χ1n) is 6.11. The first kappa shape index (κ1) is 12.6. The van der Waals surface area contributed by atoms with Gasteiger partial charge in [0.05, 0.1) is 11.4 Å². The molecule has 0 spiro atoms. The molecule has 0 atom stereocenters. The Bertz CT molecular complexity index is 493. The zero-order chi connectivity index (χ0) is 12.5. The highest BCUT2D eigenvalue weighted by molar-refractivity contribution is 7.89. The van der Waals surface area contributed by atoms with Gasteiger partial charge >= 0.3 is 0 Å². The zero-order valence-corrected chi connectivity index (χ0v) is 11.2. The van der Waals surface area contributed by atoms with E-state index in [9.17, 15) is 8.42 Å². The van der Waals surface area contributed by atoms with Crippen LogP contribution in [0.25, 0.3) is 0 Å². The summed E-state index contributed by atoms with van der Waals surface area (Å²) in [6.07, 6.45) is 2.58. The number of H-pyrrole nitrogens is 1. The Hall–Kier alpha value is -0.880. The van der Waals surface area contributed by atoms with Crippen molar-refractivity contribution in [3.63, 3.8) is 0 Å². The fourth-order valence-electron chi connectivity index (χ4n) is 2.24. The Morgan fingerprint density at radius 3 is 2.82 bits per heavy atom. The molecule has 0 radical (unpaired) electrons. The van der Waals surface area contributed by atoms with Crippen molar-refractivity contribution in [1.29, 1.82) is 0 Å². The molecule has 1 aromatic heterocycles. The number of fused-ring (bicyclic) bond motifs is 1. The highest BCUT2D eigenvalue weighted by Crippen LogP contribution is 2.22. The van der Waals surface area contributed by atoms with E-state index in [4.69, 9.17) is 0 Å². The fraction of sp³-hybridized carbons (Fsp3) is 0.727. The first-order valence-corrected chi connectivity index (χ1v) is 7.72. The number of hydrogen-bond donors (Lipinski definition) is 1. The van der Waals surface area contributed by atoms with Gasteiger partial charge in [0.2, 0.25) is 10.0 Å². The standard InChI is InChI=1S/C11H19N3O2S/c1-3-10-9-8-14(17(15,16)4-2)7-5-6-11(9)13-12-10/h3-8H2,1-2H3,(H,12,13). The van der Waals surface area contributed by atoms with Crippen molar-refractivity contribution in [1.82, 2.24) is 14.5 Å². The maximum absolute atomic E-state index is 11.9. The van der Waals surface area contributed by atoms with Gasteiger partial charge in [-0.05, 0) is 26.2 Å². The van der Waals surface area contributed by atoms with E-state index in [1.54, 1.807) is 11.2 Å². The van der Waals surface area contributed by atoms with Crippen LogP contribution in [0.1, 0.15) is 37.2 Å². The molecule has 0 saturated heterocycles. The Labute approximate surface area is 102 Å². The van der Waals surface area contributed by atoms with Crippen LogP contribution in [0.5, 0.6) is 0 Å². The molecule has 1 aliphatic rings. The molecule has 1 N–H and O–H groups in total. The predicted octanol–water partition coefficient (Wildman–Crippen LogP) is 1.07. The molecule has 0 saturated carbocycles. The number of sulfonamides is 1. The second-order valence-electron chi connectivity index (χ2n) is 4.32. The lowest BCUT2D eigenvalue weighted by molar-refractivity contribution is 0.409. The molecule has 1 aliphatic heterocycles. The molecule has 0 bridgehead atoms. The average molecular weight is 257 g/mol. The number of aryl methyl sites for hydroxylation is 2. The van der Waals surface area contributed by atoms with Gasteiger partial charge < -0.3 is 0 Å². The summed E-state index contributed by atoms with van der Waals surface area (Å²) in [5, 5.41) is 7.29. The molecule has 5 nitrogen and oxygen atoms in total. The predicted molar refractivity (Wildman–Crippen MR) is 66.2 cm³/mol. The Balaban J connectivity index is 2.33. The molecule has 17 heavy (non-hydrogen) atoms. The number of aromatic amines is 1. The minimum absolute atomic E-state index is 0.168. The van der Waals surface area contributed by atoms with Crippen LogP contribution in [0.4, 0.5) is 0 Å². The third-order valence-electron chi connectivity index (χ3n) is 3.30. The quantitative estimate of drug-likeness (QED) is 0.881. The van der Waals surface area contributed by atoms with Gasteiger partial charge in [0, 0.05) is 24.3 Å². The van der Waals surface area contributed by atoms with Gasteiger partial charge in [0.15, 0.2) is 0 Å². The molecule has 2 heterocycles. The van der Waals surface area contributed by atoms with Gasteiger partial charge in [-0.15, -0.1) is 0 Å². The van der Waals surface area contributed by atoms with Gasteiger partial charge in [-0.25, -0.2) is 8.42 Å². The molecule has 6 heteroatoms. The summed E-state index contributed by atoms with van der Waals surface area (Å²) in [6.45, 7) is 4.82. The highest BCUT2D eigenvalue weighted by atomic mass is 32.2. The number of nitrogens with one attached hydrogen (secondary N) is 1. The van der Waals surface area contributed by atoms with E-state index in [1.807, 2.05) is 6.92 Å². The van der Waals surface area contributed by atoms with E-state index < -0.39 is 10.0 Å². The van der Waals surface area contributed by atoms with Crippen LogP contribution >= 0.6 is 0 Å². The molecular formula is C11H19N3O2S. The normalized spacial score (nSPS) is 17.8. The number of nitrogens with zero attached hydrogens (tertiary/aromatic N) is 2. The van der Waals surface area contributed by atoms with Crippen molar-refractivity contribution in [2.45, 2.75) is 39.7 Å². The SMILES string of the molecule is CCc1n[nH]c2c1CN(S(=O)(=O)CC)CCC2. The van der Waals surface area contributed by atoms with Crippen molar-refractivity contribution in [3.8, 4) is 0 Å². The lowest BCUT2D eigenvalue weighted by atomic mass is 10.1. The minimum atomic E-state index is -3.10. The Morgan fingerprint density at radius 1 is 1.41 bits per heavy atom. The summed E-state index contributed by atoms with van der Waals surface area (Å²) in [6, 6.07) is 0. The Morgan fingerprint density at radius 2 is 2.18 bits per heavy atom. The molecule has 0 aliphatic carbocycles. The van der Waals surface area contributed by atoms with Gasteiger partial charge in [0.1, 0.15) is 0 Å². The number of aromatic nitrogens is 2. The molecule has 0 amide bonds. The van der Waals surface area contributed by atoms with E-state index in [0.29, 0.717) is 13.1 Å². The van der Waals surface area contributed by atoms with Crippen LogP contribution in [0.2, 0.25) is 0 Å². The van der Waals surface area contributed by atoms with Crippen molar-refractivity contribution in [2.75, 3.05) is 12.3 Å². The minimum Gasteiger partial charge on any atom is -0.282 e. The largest absolute Gasteiger partial charge is 0.282 e. The summed E-state index contributed by atoms with van der Waals surface area (Å²) < 4.78 is 25.5. The van der Waals surface area contributed by atoms with E-state index in [2.05, 4.69) is 10.2 Å². The summed E-state index contributed by atoms with van der Waals surface area (Å²) in [5.74, 6) is 0.168. The van der Waals surface area contributed by atoms with Gasteiger partial charge in [-0.2, -0.15) is 9.40 Å². The molecule has 96 valence electrons. The number of rotatable bonds is 3. The van der Waals surface area contributed by atoms with Crippen LogP contribution in [0, 0.1) is 0 Å². The first-order chi connectivity index (χ1) is 8.08. The van der Waals surface area contributed by atoms with Crippen molar-refractivity contribution < 1.29 is 8.42 Å². The molecule has 0 unspecified atom stereocenters. The third-order valence-corrected chi connectivity index (χ3v) is 5.13. The van der Waals surface area contributed by atoms with Crippen molar-refractivity contribution >= 4 is 10.0 Å². The van der Waals surface area contributed by atoms with E-state index in [1.165, 1.54) is 0 Å². The summed E-state index contributed by atoms with van der Waals surface area (Å²) >= 11 is 0. The Kier molecular flexibility index (Phi) is 3.53. The maximum Gasteiger partial charge on any atom is 0.214 e.